The third-order valence-electron chi connectivity index (χ3n) is 4.10. The van der Waals surface area contributed by atoms with Crippen LogP contribution in [0.3, 0.4) is 0 Å². The highest BCUT2D eigenvalue weighted by atomic mass is 16.6. The van der Waals surface area contributed by atoms with Crippen molar-refractivity contribution in [2.45, 2.75) is 44.8 Å². The first-order valence-electron chi connectivity index (χ1n) is 6.53. The molecule has 0 aromatic heterocycles. The molecule has 0 spiro atoms. The number of nitrogens with one attached hydrogen (secondary N) is 2. The Bertz CT molecular complexity index is 340. The number of carbonyl (C=O) groups excluding carboxylic acids is 1. The SMILES string of the molecule is COCC12CCC1(NC(=O)OC(C)(C)C)CNC2. The minimum absolute atomic E-state index is 0.0403. The highest BCUT2D eigenvalue weighted by Crippen LogP contribution is 2.52. The molecule has 2 atom stereocenters. The molecule has 1 saturated heterocycles. The van der Waals surface area contributed by atoms with Crippen molar-refractivity contribution in [3.8, 4) is 0 Å². The Morgan fingerprint density at radius 1 is 1.33 bits per heavy atom. The van der Waals surface area contributed by atoms with Gasteiger partial charge in [0.25, 0.3) is 0 Å². The molecule has 5 heteroatoms. The quantitative estimate of drug-likeness (QED) is 0.798. The highest BCUT2D eigenvalue weighted by Gasteiger charge is 2.63. The van der Waals surface area contributed by atoms with Crippen LogP contribution in [0.5, 0.6) is 0 Å². The summed E-state index contributed by atoms with van der Waals surface area (Å²) >= 11 is 0. The van der Waals surface area contributed by atoms with E-state index < -0.39 is 5.60 Å². The largest absolute Gasteiger partial charge is 0.444 e. The van der Waals surface area contributed by atoms with Gasteiger partial charge >= 0.3 is 6.09 Å². The summed E-state index contributed by atoms with van der Waals surface area (Å²) in [5.74, 6) is 0. The molecule has 5 nitrogen and oxygen atoms in total. The Morgan fingerprint density at radius 2 is 2.06 bits per heavy atom. The zero-order valence-corrected chi connectivity index (χ0v) is 11.8. The van der Waals surface area contributed by atoms with Gasteiger partial charge in [0.2, 0.25) is 0 Å². The Labute approximate surface area is 109 Å². The second kappa shape index (κ2) is 4.38. The fraction of sp³-hybridized carbons (Fsp3) is 0.923. The Hall–Kier alpha value is -0.810. The van der Waals surface area contributed by atoms with Gasteiger partial charge in [-0.2, -0.15) is 0 Å². The summed E-state index contributed by atoms with van der Waals surface area (Å²) in [6.07, 6.45) is 1.75. The Kier molecular flexibility index (Phi) is 3.32. The zero-order chi connectivity index (χ0) is 13.4. The van der Waals surface area contributed by atoms with Crippen LogP contribution >= 0.6 is 0 Å². The molecular formula is C13H24N2O3. The fourth-order valence-corrected chi connectivity index (χ4v) is 3.10. The summed E-state index contributed by atoms with van der Waals surface area (Å²) in [6.45, 7) is 8.00. The van der Waals surface area contributed by atoms with Crippen molar-refractivity contribution in [2.24, 2.45) is 5.41 Å². The summed E-state index contributed by atoms with van der Waals surface area (Å²) in [5, 5.41) is 6.44. The van der Waals surface area contributed by atoms with Crippen LogP contribution in [-0.2, 0) is 9.47 Å². The molecule has 2 fully saturated rings. The maximum absolute atomic E-state index is 11.9. The van der Waals surface area contributed by atoms with Crippen molar-refractivity contribution in [3.63, 3.8) is 0 Å². The van der Waals surface area contributed by atoms with Crippen LogP contribution < -0.4 is 10.6 Å². The molecule has 0 bridgehead atoms. The normalized spacial score (nSPS) is 34.7. The maximum Gasteiger partial charge on any atom is 0.408 e. The summed E-state index contributed by atoms with van der Waals surface area (Å²) in [7, 11) is 1.71. The van der Waals surface area contributed by atoms with Gasteiger partial charge in [0, 0.05) is 25.6 Å². The van der Waals surface area contributed by atoms with E-state index in [1.54, 1.807) is 7.11 Å². The van der Waals surface area contributed by atoms with Gasteiger partial charge in [-0.15, -0.1) is 0 Å². The van der Waals surface area contributed by atoms with Gasteiger partial charge in [0.1, 0.15) is 5.60 Å². The molecule has 1 saturated carbocycles. The lowest BCUT2D eigenvalue weighted by atomic mass is 9.56. The first-order chi connectivity index (χ1) is 8.33. The molecule has 2 N–H and O–H groups in total. The van der Waals surface area contributed by atoms with E-state index in [9.17, 15) is 4.79 Å². The van der Waals surface area contributed by atoms with E-state index in [4.69, 9.17) is 9.47 Å². The van der Waals surface area contributed by atoms with Gasteiger partial charge in [-0.05, 0) is 33.6 Å². The molecule has 18 heavy (non-hydrogen) atoms. The molecule has 1 aliphatic carbocycles. The summed E-state index contributed by atoms with van der Waals surface area (Å²) in [5.41, 5.74) is -0.607. The standard InChI is InChI=1S/C13H24N2O3/c1-11(2,3)18-10(16)15-13-6-5-12(13,9-17-4)7-14-8-13/h14H,5-9H2,1-4H3,(H,15,16). The lowest BCUT2D eigenvalue weighted by Crippen LogP contribution is -2.68. The van der Waals surface area contributed by atoms with Gasteiger partial charge in [-0.25, -0.2) is 4.79 Å². The molecule has 0 radical (unpaired) electrons. The van der Waals surface area contributed by atoms with Crippen LogP contribution in [0.15, 0.2) is 0 Å². The minimum Gasteiger partial charge on any atom is -0.444 e. The lowest BCUT2D eigenvalue weighted by molar-refractivity contribution is -0.0504. The summed E-state index contributed by atoms with van der Waals surface area (Å²) in [6, 6.07) is 0. The van der Waals surface area contributed by atoms with E-state index >= 15 is 0 Å². The number of hydrogen-bond donors (Lipinski definition) is 2. The van der Waals surface area contributed by atoms with E-state index in [1.165, 1.54) is 0 Å². The second-order valence-corrected chi connectivity index (χ2v) is 6.53. The van der Waals surface area contributed by atoms with Crippen LogP contribution in [0, 0.1) is 5.41 Å². The van der Waals surface area contributed by atoms with Crippen molar-refractivity contribution in [1.82, 2.24) is 10.6 Å². The Balaban J connectivity index is 2.02. The zero-order valence-electron chi connectivity index (χ0n) is 11.8. The average Bonchev–Trinajstić information content (AvgIpc) is 2.42. The number of hydrogen-bond acceptors (Lipinski definition) is 4. The van der Waals surface area contributed by atoms with Crippen LogP contribution in [0.4, 0.5) is 4.79 Å². The number of amides is 1. The number of alkyl carbamates (subject to hydrolysis) is 1. The number of ether oxygens (including phenoxy) is 2. The van der Waals surface area contributed by atoms with E-state index in [0.717, 1.165) is 25.9 Å². The van der Waals surface area contributed by atoms with Gasteiger partial charge in [-0.3, -0.25) is 0 Å². The van der Waals surface area contributed by atoms with Crippen LogP contribution in [0.2, 0.25) is 0 Å². The third-order valence-corrected chi connectivity index (χ3v) is 4.10. The third kappa shape index (κ3) is 2.21. The van der Waals surface area contributed by atoms with Gasteiger partial charge in [0.15, 0.2) is 0 Å². The van der Waals surface area contributed by atoms with Crippen molar-refractivity contribution >= 4 is 6.09 Å². The predicted octanol–water partition coefficient (Wildman–Crippen LogP) is 1.28. The number of carbonyl (C=O) groups is 1. The topological polar surface area (TPSA) is 59.6 Å². The monoisotopic (exact) mass is 256 g/mol. The molecule has 0 aromatic carbocycles. The number of fused-ring (bicyclic) bond motifs is 1. The summed E-state index contributed by atoms with van der Waals surface area (Å²) in [4.78, 5) is 11.9. The van der Waals surface area contributed by atoms with Gasteiger partial charge in [0.05, 0.1) is 12.1 Å². The molecule has 0 aromatic rings. The Morgan fingerprint density at radius 3 is 2.56 bits per heavy atom. The molecule has 2 unspecified atom stereocenters. The molecule has 1 aliphatic heterocycles. The van der Waals surface area contributed by atoms with Crippen LogP contribution in [0.25, 0.3) is 0 Å². The highest BCUT2D eigenvalue weighted by molar-refractivity contribution is 5.69. The smallest absolute Gasteiger partial charge is 0.408 e. The van der Waals surface area contributed by atoms with Crippen LogP contribution in [0.1, 0.15) is 33.6 Å². The van der Waals surface area contributed by atoms with Crippen molar-refractivity contribution in [1.29, 1.82) is 0 Å². The number of methoxy groups -OCH3 is 1. The molecule has 1 heterocycles. The number of rotatable bonds is 3. The first kappa shape index (κ1) is 13.6. The predicted molar refractivity (Wildman–Crippen MR) is 68.5 cm³/mol. The molecule has 1 amide bonds. The van der Waals surface area contributed by atoms with Crippen molar-refractivity contribution < 1.29 is 14.3 Å². The van der Waals surface area contributed by atoms with E-state index in [0.29, 0.717) is 6.61 Å². The maximum atomic E-state index is 11.9. The summed E-state index contributed by atoms with van der Waals surface area (Å²) < 4.78 is 10.7. The second-order valence-electron chi connectivity index (χ2n) is 6.53. The van der Waals surface area contributed by atoms with Gasteiger partial charge < -0.3 is 20.1 Å². The first-order valence-corrected chi connectivity index (χ1v) is 6.53. The molecule has 2 rings (SSSR count). The van der Waals surface area contributed by atoms with E-state index in [-0.39, 0.29) is 17.0 Å². The van der Waals surface area contributed by atoms with Crippen molar-refractivity contribution in [3.05, 3.63) is 0 Å². The molecule has 2 aliphatic rings. The van der Waals surface area contributed by atoms with Gasteiger partial charge in [-0.1, -0.05) is 0 Å². The minimum atomic E-state index is -0.458. The molecular weight excluding hydrogens is 232 g/mol. The van der Waals surface area contributed by atoms with E-state index in [2.05, 4.69) is 10.6 Å². The fourth-order valence-electron chi connectivity index (χ4n) is 3.10. The van der Waals surface area contributed by atoms with E-state index in [1.807, 2.05) is 20.8 Å². The average molecular weight is 256 g/mol. The molecule has 104 valence electrons. The van der Waals surface area contributed by atoms with Crippen molar-refractivity contribution in [2.75, 3.05) is 26.8 Å². The lowest BCUT2D eigenvalue weighted by Gasteiger charge is -2.54. The van der Waals surface area contributed by atoms with Crippen LogP contribution in [-0.4, -0.2) is 44.0 Å².